The van der Waals surface area contributed by atoms with E-state index in [0.29, 0.717) is 19.3 Å². The van der Waals surface area contributed by atoms with Crippen molar-refractivity contribution in [2.75, 3.05) is 6.54 Å². The summed E-state index contributed by atoms with van der Waals surface area (Å²) in [4.78, 5) is 10.2. The van der Waals surface area contributed by atoms with E-state index in [0.717, 1.165) is 0 Å². The summed E-state index contributed by atoms with van der Waals surface area (Å²) in [7, 11) is -2.44. The van der Waals surface area contributed by atoms with Gasteiger partial charge in [0.1, 0.15) is 17.0 Å². The van der Waals surface area contributed by atoms with Gasteiger partial charge in [-0.15, -0.1) is 0 Å². The molecule has 0 radical (unpaired) electrons. The Hall–Kier alpha value is -0.420. The summed E-state index contributed by atoms with van der Waals surface area (Å²) in [5.41, 5.74) is 0. The van der Waals surface area contributed by atoms with Gasteiger partial charge in [-0.1, -0.05) is 0 Å². The average molecular weight is 163 g/mol. The average Bonchev–Trinajstić information content (AvgIpc) is 2.33. The van der Waals surface area contributed by atoms with Crippen molar-refractivity contribution >= 4 is 17.0 Å². The number of thiol groups is 1. The smallest absolute Gasteiger partial charge is 0.145 e. The zero-order valence-corrected chi connectivity index (χ0v) is 6.21. The largest absolute Gasteiger partial charge is 0.307 e. The minimum atomic E-state index is -2.44. The van der Waals surface area contributed by atoms with Gasteiger partial charge in [0.2, 0.25) is 0 Å². The van der Waals surface area contributed by atoms with Crippen molar-refractivity contribution in [3.05, 3.63) is 0 Å². The lowest BCUT2D eigenvalue weighted by Gasteiger charge is -2.03. The van der Waals surface area contributed by atoms with Crippen molar-refractivity contribution in [3.8, 4) is 0 Å². The molecule has 0 amide bonds. The van der Waals surface area contributed by atoms with Crippen molar-refractivity contribution in [2.24, 2.45) is 0 Å². The lowest BCUT2D eigenvalue weighted by molar-refractivity contribution is -0.109. The molecule has 1 fully saturated rings. The molecule has 1 N–H and O–H groups in total. The molecule has 1 heterocycles. The number of nitrogens with one attached hydrogen (secondary N) is 1. The predicted molar refractivity (Wildman–Crippen MR) is 36.6 cm³/mol. The normalized spacial score (nSPS) is 32.9. The molecule has 0 aromatic carbocycles. The molecule has 0 aliphatic carbocycles. The zero-order valence-electron chi connectivity index (χ0n) is 5.32. The van der Waals surface area contributed by atoms with Crippen LogP contribution in [0.3, 0.4) is 0 Å². The van der Waals surface area contributed by atoms with Gasteiger partial charge in [0, 0.05) is 0 Å². The fourth-order valence-corrected chi connectivity index (χ4v) is 1.87. The molecule has 0 bridgehead atoms. The van der Waals surface area contributed by atoms with E-state index in [1.807, 2.05) is 0 Å². The molecular formula is C5H9NO3S. The Labute approximate surface area is 60.6 Å². The quantitative estimate of drug-likeness (QED) is 0.385. The van der Waals surface area contributed by atoms with Gasteiger partial charge in [0.15, 0.2) is 0 Å². The van der Waals surface area contributed by atoms with Crippen LogP contribution in [0.5, 0.6) is 0 Å². The maximum Gasteiger partial charge on any atom is 0.145 e. The first-order valence-electron chi connectivity index (χ1n) is 3.08. The van der Waals surface area contributed by atoms with Gasteiger partial charge >= 0.3 is 0 Å². The first-order valence-corrected chi connectivity index (χ1v) is 4.32. The fourth-order valence-electron chi connectivity index (χ4n) is 1.09. The summed E-state index contributed by atoms with van der Waals surface area (Å²) in [5.74, 6) is 0. The van der Waals surface area contributed by atoms with Crippen LogP contribution in [-0.4, -0.2) is 32.5 Å². The van der Waals surface area contributed by atoms with Gasteiger partial charge in [-0.3, -0.25) is 0 Å². The maximum atomic E-state index is 10.4. The van der Waals surface area contributed by atoms with Gasteiger partial charge in [0.05, 0.1) is 11.3 Å². The third-order valence-corrected chi connectivity index (χ3v) is 2.77. The number of carbonyl (C=O) groups is 1. The standard InChI is InChI=1S/C5H9NO3S/c7-3-4-5(10(8)9)1-2-6-4/h3-6,10H,1-2H2. The van der Waals surface area contributed by atoms with Gasteiger partial charge in [0.25, 0.3) is 0 Å². The Bertz CT molecular complexity index is 193. The molecule has 10 heavy (non-hydrogen) atoms. The summed E-state index contributed by atoms with van der Waals surface area (Å²) < 4.78 is 20.8. The molecule has 0 spiro atoms. The second-order valence-corrected chi connectivity index (χ2v) is 3.49. The first-order chi connectivity index (χ1) is 4.75. The van der Waals surface area contributed by atoms with Crippen LogP contribution in [0.2, 0.25) is 0 Å². The van der Waals surface area contributed by atoms with Crippen LogP contribution in [0.1, 0.15) is 6.42 Å². The summed E-state index contributed by atoms with van der Waals surface area (Å²) in [6, 6.07) is -0.471. The highest BCUT2D eigenvalue weighted by molar-refractivity contribution is 7.73. The van der Waals surface area contributed by atoms with Crippen molar-refractivity contribution in [1.82, 2.24) is 5.32 Å². The van der Waals surface area contributed by atoms with E-state index in [2.05, 4.69) is 5.32 Å². The third-order valence-electron chi connectivity index (χ3n) is 1.65. The number of hydrogen-bond acceptors (Lipinski definition) is 4. The molecule has 1 aliphatic heterocycles. The van der Waals surface area contributed by atoms with Crippen molar-refractivity contribution in [3.63, 3.8) is 0 Å². The van der Waals surface area contributed by atoms with E-state index in [1.165, 1.54) is 0 Å². The van der Waals surface area contributed by atoms with Crippen LogP contribution < -0.4 is 5.32 Å². The lowest BCUT2D eigenvalue weighted by atomic mass is 10.2. The predicted octanol–water partition coefficient (Wildman–Crippen LogP) is -1.47. The minimum Gasteiger partial charge on any atom is -0.307 e. The van der Waals surface area contributed by atoms with Crippen LogP contribution in [-0.2, 0) is 15.5 Å². The van der Waals surface area contributed by atoms with E-state index in [9.17, 15) is 13.2 Å². The molecule has 2 atom stereocenters. The summed E-state index contributed by atoms with van der Waals surface area (Å²) in [6.07, 6.45) is 1.21. The van der Waals surface area contributed by atoms with Crippen LogP contribution in [0.4, 0.5) is 0 Å². The van der Waals surface area contributed by atoms with E-state index >= 15 is 0 Å². The molecule has 1 rings (SSSR count). The highest BCUT2D eigenvalue weighted by Crippen LogP contribution is 2.07. The zero-order chi connectivity index (χ0) is 7.56. The Kier molecular flexibility index (Phi) is 2.39. The van der Waals surface area contributed by atoms with Gasteiger partial charge in [-0.25, -0.2) is 8.42 Å². The first kappa shape index (κ1) is 7.68. The van der Waals surface area contributed by atoms with Crippen LogP contribution >= 0.6 is 0 Å². The van der Waals surface area contributed by atoms with E-state index in [-0.39, 0.29) is 0 Å². The lowest BCUT2D eigenvalue weighted by Crippen LogP contribution is -2.32. The monoisotopic (exact) mass is 163 g/mol. The van der Waals surface area contributed by atoms with Gasteiger partial charge in [-0.05, 0) is 13.0 Å². The molecule has 5 heteroatoms. The minimum absolute atomic E-state index is 0.471. The molecular weight excluding hydrogens is 154 g/mol. The van der Waals surface area contributed by atoms with E-state index in [4.69, 9.17) is 0 Å². The van der Waals surface area contributed by atoms with Crippen LogP contribution in [0, 0.1) is 0 Å². The highest BCUT2D eigenvalue weighted by Gasteiger charge is 2.28. The molecule has 1 aliphatic rings. The maximum absolute atomic E-state index is 10.4. The van der Waals surface area contributed by atoms with Crippen LogP contribution in [0.15, 0.2) is 0 Å². The summed E-state index contributed by atoms with van der Waals surface area (Å²) in [5, 5.41) is 2.31. The summed E-state index contributed by atoms with van der Waals surface area (Å²) in [6.45, 7) is 0.622. The SMILES string of the molecule is O=CC1NCCC1[SH](=O)=O. The fraction of sp³-hybridized carbons (Fsp3) is 0.800. The third kappa shape index (κ3) is 1.35. The van der Waals surface area contributed by atoms with E-state index in [1.54, 1.807) is 0 Å². The second kappa shape index (κ2) is 3.12. The molecule has 1 saturated heterocycles. The molecule has 0 aromatic heterocycles. The molecule has 0 aromatic rings. The second-order valence-electron chi connectivity index (χ2n) is 2.26. The number of carbonyl (C=O) groups excluding carboxylic acids is 1. The van der Waals surface area contributed by atoms with Crippen LogP contribution in [0.25, 0.3) is 0 Å². The molecule has 58 valence electrons. The van der Waals surface area contributed by atoms with Gasteiger partial charge in [-0.2, -0.15) is 0 Å². The number of hydrogen-bond donors (Lipinski definition) is 2. The molecule has 4 nitrogen and oxygen atoms in total. The summed E-state index contributed by atoms with van der Waals surface area (Å²) >= 11 is 0. The molecule has 2 unspecified atom stereocenters. The Balaban J connectivity index is 2.67. The Morgan fingerprint density at radius 1 is 1.50 bits per heavy atom. The Morgan fingerprint density at radius 3 is 2.60 bits per heavy atom. The molecule has 0 saturated carbocycles. The van der Waals surface area contributed by atoms with Crippen molar-refractivity contribution < 1.29 is 13.2 Å². The Morgan fingerprint density at radius 2 is 2.20 bits per heavy atom. The highest BCUT2D eigenvalue weighted by atomic mass is 32.2. The number of aldehydes is 1. The van der Waals surface area contributed by atoms with Gasteiger partial charge < -0.3 is 10.1 Å². The number of rotatable bonds is 2. The van der Waals surface area contributed by atoms with E-state index < -0.39 is 22.0 Å². The van der Waals surface area contributed by atoms with Crippen molar-refractivity contribution in [1.29, 1.82) is 0 Å². The van der Waals surface area contributed by atoms with Crippen molar-refractivity contribution in [2.45, 2.75) is 17.7 Å². The topological polar surface area (TPSA) is 63.2 Å².